The molecule has 0 aromatic heterocycles. The Hall–Kier alpha value is -2.98. The predicted octanol–water partition coefficient (Wildman–Crippen LogP) is 4.70. The zero-order valence-corrected chi connectivity index (χ0v) is 21.2. The largest absolute Gasteiger partial charge is 0.492 e. The molecule has 0 spiro atoms. The van der Waals surface area contributed by atoms with E-state index in [2.05, 4.69) is 41.9 Å². The van der Waals surface area contributed by atoms with Crippen LogP contribution in [0, 0.1) is 5.92 Å². The molecule has 0 atom stereocenters. The zero-order valence-electron chi connectivity index (χ0n) is 18.0. The Balaban J connectivity index is 2.02. The van der Waals surface area contributed by atoms with Crippen LogP contribution in [0.4, 0.5) is 10.5 Å². The van der Waals surface area contributed by atoms with E-state index in [4.69, 9.17) is 4.74 Å². The normalized spacial score (nSPS) is 15.2. The second-order valence-corrected chi connectivity index (χ2v) is 9.28. The number of rotatable bonds is 6. The number of imide groups is 2. The van der Waals surface area contributed by atoms with E-state index in [1.54, 1.807) is 12.1 Å². The minimum atomic E-state index is -0.889. The number of urea groups is 1. The fraction of sp³-hybridized carbons (Fsp3) is 0.217. The molecule has 8 nitrogen and oxygen atoms in total. The number of carbonyl (C=O) groups excluding carboxylic acids is 4. The third-order valence-corrected chi connectivity index (χ3v) is 5.59. The summed E-state index contributed by atoms with van der Waals surface area (Å²) in [6, 6.07) is 8.29. The Morgan fingerprint density at radius 3 is 2.39 bits per heavy atom. The first-order valence-corrected chi connectivity index (χ1v) is 11.4. The Morgan fingerprint density at radius 1 is 1.12 bits per heavy atom. The van der Waals surface area contributed by atoms with E-state index in [0.717, 1.165) is 4.90 Å². The average molecular weight is 580 g/mol. The van der Waals surface area contributed by atoms with Crippen LogP contribution in [0.5, 0.6) is 5.75 Å². The zero-order chi connectivity index (χ0) is 24.3. The van der Waals surface area contributed by atoms with Gasteiger partial charge in [0.2, 0.25) is 0 Å². The molecule has 0 unspecified atom stereocenters. The molecule has 3 rings (SSSR count). The summed E-state index contributed by atoms with van der Waals surface area (Å²) in [7, 11) is 1.25. The number of esters is 1. The molecule has 0 aliphatic carbocycles. The molecule has 1 N–H and O–H groups in total. The number of carbonyl (C=O) groups is 4. The molecule has 1 heterocycles. The maximum Gasteiger partial charge on any atom is 0.337 e. The first kappa shape index (κ1) is 24.7. The van der Waals surface area contributed by atoms with E-state index in [0.29, 0.717) is 26.9 Å². The van der Waals surface area contributed by atoms with Crippen molar-refractivity contribution in [2.24, 2.45) is 5.92 Å². The van der Waals surface area contributed by atoms with Crippen molar-refractivity contribution in [1.29, 1.82) is 0 Å². The SMILES string of the molecule is COC(=O)c1ccc(N2C(=O)NC(=O)/C(=C\c3cc(Br)cc(Br)c3OCC(C)C)C2=O)cc1. The number of hydrogen-bond acceptors (Lipinski definition) is 6. The predicted molar refractivity (Wildman–Crippen MR) is 129 cm³/mol. The second kappa shape index (κ2) is 10.3. The Kier molecular flexibility index (Phi) is 7.70. The van der Waals surface area contributed by atoms with E-state index in [9.17, 15) is 19.2 Å². The number of anilines is 1. The first-order chi connectivity index (χ1) is 15.6. The van der Waals surface area contributed by atoms with Gasteiger partial charge in [-0.15, -0.1) is 0 Å². The molecular formula is C23H20Br2N2O6. The molecule has 0 radical (unpaired) electrons. The quantitative estimate of drug-likeness (QED) is 0.302. The molecule has 1 saturated heterocycles. The Morgan fingerprint density at radius 2 is 1.79 bits per heavy atom. The van der Waals surface area contributed by atoms with E-state index < -0.39 is 23.8 Å². The molecule has 172 valence electrons. The van der Waals surface area contributed by atoms with Crippen molar-refractivity contribution in [1.82, 2.24) is 5.32 Å². The van der Waals surface area contributed by atoms with Crippen molar-refractivity contribution in [3.63, 3.8) is 0 Å². The number of barbiturate groups is 1. The molecular weight excluding hydrogens is 560 g/mol. The maximum atomic E-state index is 13.2. The van der Waals surface area contributed by atoms with Crippen LogP contribution >= 0.6 is 31.9 Å². The van der Waals surface area contributed by atoms with E-state index in [1.807, 2.05) is 13.8 Å². The number of hydrogen-bond donors (Lipinski definition) is 1. The summed E-state index contributed by atoms with van der Waals surface area (Å²) in [6.45, 7) is 4.42. The third kappa shape index (κ3) is 5.51. The smallest absolute Gasteiger partial charge is 0.337 e. The highest BCUT2D eigenvalue weighted by Gasteiger charge is 2.37. The van der Waals surface area contributed by atoms with E-state index in [-0.39, 0.29) is 22.7 Å². The van der Waals surface area contributed by atoms with Gasteiger partial charge in [0.05, 0.1) is 29.4 Å². The molecule has 0 saturated carbocycles. The highest BCUT2D eigenvalue weighted by Crippen LogP contribution is 2.35. The first-order valence-electron chi connectivity index (χ1n) is 9.84. The minimum absolute atomic E-state index is 0.190. The van der Waals surface area contributed by atoms with Crippen LogP contribution in [-0.4, -0.2) is 37.5 Å². The summed E-state index contributed by atoms with van der Waals surface area (Å²) in [5.41, 5.74) is 0.677. The number of nitrogens with one attached hydrogen (secondary N) is 1. The Bertz CT molecular complexity index is 1160. The average Bonchev–Trinajstić information content (AvgIpc) is 2.75. The fourth-order valence-electron chi connectivity index (χ4n) is 3.00. The van der Waals surface area contributed by atoms with Gasteiger partial charge in [-0.05, 0) is 64.3 Å². The van der Waals surface area contributed by atoms with Gasteiger partial charge in [-0.1, -0.05) is 29.8 Å². The summed E-state index contributed by atoms with van der Waals surface area (Å²) in [5, 5.41) is 2.18. The summed E-state index contributed by atoms with van der Waals surface area (Å²) in [6.07, 6.45) is 1.38. The number of methoxy groups -OCH3 is 1. The van der Waals surface area contributed by atoms with Gasteiger partial charge in [0.15, 0.2) is 0 Å². The van der Waals surface area contributed by atoms with Gasteiger partial charge in [-0.3, -0.25) is 14.9 Å². The van der Waals surface area contributed by atoms with Crippen LogP contribution in [0.1, 0.15) is 29.8 Å². The van der Waals surface area contributed by atoms with Crippen molar-refractivity contribution in [2.45, 2.75) is 13.8 Å². The van der Waals surface area contributed by atoms with Crippen LogP contribution in [0.25, 0.3) is 6.08 Å². The van der Waals surface area contributed by atoms with Crippen LogP contribution in [0.15, 0.2) is 50.9 Å². The molecule has 2 aromatic rings. The van der Waals surface area contributed by atoms with E-state index in [1.165, 1.54) is 37.5 Å². The van der Waals surface area contributed by atoms with Gasteiger partial charge >= 0.3 is 12.0 Å². The number of benzene rings is 2. The topological polar surface area (TPSA) is 102 Å². The van der Waals surface area contributed by atoms with Gasteiger partial charge in [0.1, 0.15) is 11.3 Å². The second-order valence-electron chi connectivity index (χ2n) is 7.51. The van der Waals surface area contributed by atoms with Gasteiger partial charge in [0, 0.05) is 10.0 Å². The van der Waals surface area contributed by atoms with Crippen LogP contribution in [0.3, 0.4) is 0 Å². The van der Waals surface area contributed by atoms with Crippen molar-refractivity contribution >= 4 is 67.4 Å². The number of halogens is 2. The lowest BCUT2D eigenvalue weighted by Crippen LogP contribution is -2.54. The highest BCUT2D eigenvalue weighted by molar-refractivity contribution is 9.11. The van der Waals surface area contributed by atoms with Gasteiger partial charge in [-0.25, -0.2) is 14.5 Å². The number of nitrogens with zero attached hydrogens (tertiary/aromatic N) is 1. The van der Waals surface area contributed by atoms with E-state index >= 15 is 0 Å². The molecule has 1 fully saturated rings. The van der Waals surface area contributed by atoms with Crippen molar-refractivity contribution in [3.8, 4) is 5.75 Å². The van der Waals surface area contributed by atoms with Crippen LogP contribution < -0.4 is 15.0 Å². The van der Waals surface area contributed by atoms with Crippen molar-refractivity contribution in [2.75, 3.05) is 18.6 Å². The van der Waals surface area contributed by atoms with Gasteiger partial charge in [0.25, 0.3) is 11.8 Å². The summed E-state index contributed by atoms with van der Waals surface area (Å²) >= 11 is 6.86. The molecule has 4 amide bonds. The lowest BCUT2D eigenvalue weighted by molar-refractivity contribution is -0.122. The lowest BCUT2D eigenvalue weighted by atomic mass is 10.1. The van der Waals surface area contributed by atoms with Gasteiger partial charge in [-0.2, -0.15) is 0 Å². The molecule has 33 heavy (non-hydrogen) atoms. The monoisotopic (exact) mass is 578 g/mol. The third-order valence-electron chi connectivity index (χ3n) is 4.55. The summed E-state index contributed by atoms with van der Waals surface area (Å²) in [5.74, 6) is -1.47. The minimum Gasteiger partial charge on any atom is -0.492 e. The van der Waals surface area contributed by atoms with Crippen LogP contribution in [0.2, 0.25) is 0 Å². The summed E-state index contributed by atoms with van der Waals surface area (Å²) < 4.78 is 11.9. The molecule has 1 aliphatic heterocycles. The highest BCUT2D eigenvalue weighted by atomic mass is 79.9. The van der Waals surface area contributed by atoms with Crippen molar-refractivity contribution in [3.05, 3.63) is 62.0 Å². The van der Waals surface area contributed by atoms with Crippen molar-refractivity contribution < 1.29 is 28.7 Å². The molecule has 10 heteroatoms. The maximum absolute atomic E-state index is 13.2. The Labute approximate surface area is 207 Å². The summed E-state index contributed by atoms with van der Waals surface area (Å²) in [4.78, 5) is 50.7. The van der Waals surface area contributed by atoms with Gasteiger partial charge < -0.3 is 9.47 Å². The molecule has 1 aliphatic rings. The molecule has 0 bridgehead atoms. The fourth-order valence-corrected chi connectivity index (χ4v) is 4.37. The number of amides is 4. The molecule has 2 aromatic carbocycles. The standard InChI is InChI=1S/C23H20Br2N2O6/c1-12(2)11-33-19-14(8-15(24)10-18(19)25)9-17-20(28)26-23(31)27(21(17)29)16-6-4-13(5-7-16)22(30)32-3/h4-10,12H,11H2,1-3H3,(H,26,28,31)/b17-9+. The van der Waals surface area contributed by atoms with Crippen LogP contribution in [-0.2, 0) is 14.3 Å². The number of ether oxygens (including phenoxy) is 2. The lowest BCUT2D eigenvalue weighted by Gasteiger charge is -2.26.